The number of nitrogens with zero attached hydrogens (tertiary/aromatic N) is 1. The lowest BCUT2D eigenvalue weighted by atomic mass is 10.1. The average molecular weight is 228 g/mol. The van der Waals surface area contributed by atoms with Crippen LogP contribution in [0, 0.1) is 0 Å². The Morgan fingerprint density at radius 2 is 2.06 bits per heavy atom. The molecule has 1 atom stereocenters. The van der Waals surface area contributed by atoms with Gasteiger partial charge in [-0.15, -0.1) is 0 Å². The molecule has 1 saturated heterocycles. The van der Waals surface area contributed by atoms with Crippen molar-refractivity contribution in [3.05, 3.63) is 0 Å². The first-order valence-electron chi connectivity index (χ1n) is 6.07. The van der Waals surface area contributed by atoms with Gasteiger partial charge >= 0.3 is 6.09 Å². The molecule has 0 aromatic carbocycles. The SMILES string of the molecule is CNC1CCCCN(C(=O)OC(C)(C)C)C1. The summed E-state index contributed by atoms with van der Waals surface area (Å²) in [6, 6.07) is 0.398. The van der Waals surface area contributed by atoms with Crippen LogP contribution in [0.25, 0.3) is 0 Å². The van der Waals surface area contributed by atoms with E-state index in [1.807, 2.05) is 32.7 Å². The Bertz CT molecular complexity index is 236. The van der Waals surface area contributed by atoms with E-state index >= 15 is 0 Å². The van der Waals surface area contributed by atoms with Crippen molar-refractivity contribution >= 4 is 6.09 Å². The summed E-state index contributed by atoms with van der Waals surface area (Å²) in [4.78, 5) is 13.7. The average Bonchev–Trinajstić information content (AvgIpc) is 2.39. The van der Waals surface area contributed by atoms with Crippen LogP contribution in [-0.4, -0.2) is 42.8 Å². The predicted molar refractivity (Wildman–Crippen MR) is 64.5 cm³/mol. The van der Waals surface area contributed by atoms with Crippen molar-refractivity contribution in [1.29, 1.82) is 0 Å². The maximum Gasteiger partial charge on any atom is 0.410 e. The van der Waals surface area contributed by atoms with Crippen LogP contribution in [0.15, 0.2) is 0 Å². The van der Waals surface area contributed by atoms with E-state index in [0.717, 1.165) is 25.9 Å². The van der Waals surface area contributed by atoms with Gasteiger partial charge in [0.1, 0.15) is 5.60 Å². The first-order valence-corrected chi connectivity index (χ1v) is 6.07. The lowest BCUT2D eigenvalue weighted by Gasteiger charge is -2.28. The summed E-state index contributed by atoms with van der Waals surface area (Å²) < 4.78 is 5.38. The molecular weight excluding hydrogens is 204 g/mol. The molecule has 0 aromatic rings. The van der Waals surface area contributed by atoms with Crippen LogP contribution in [0.4, 0.5) is 4.79 Å². The minimum atomic E-state index is -0.404. The topological polar surface area (TPSA) is 41.6 Å². The van der Waals surface area contributed by atoms with Crippen molar-refractivity contribution in [2.45, 2.75) is 51.7 Å². The van der Waals surface area contributed by atoms with Gasteiger partial charge in [-0.1, -0.05) is 6.42 Å². The molecular formula is C12H24N2O2. The van der Waals surface area contributed by atoms with Crippen molar-refractivity contribution in [2.24, 2.45) is 0 Å². The molecule has 1 heterocycles. The smallest absolute Gasteiger partial charge is 0.410 e. The Morgan fingerprint density at radius 1 is 1.38 bits per heavy atom. The maximum absolute atomic E-state index is 11.9. The van der Waals surface area contributed by atoms with E-state index in [1.54, 1.807) is 0 Å². The first-order chi connectivity index (χ1) is 7.42. The fourth-order valence-electron chi connectivity index (χ4n) is 1.87. The first kappa shape index (κ1) is 13.3. The fourth-order valence-corrected chi connectivity index (χ4v) is 1.87. The highest BCUT2D eigenvalue weighted by molar-refractivity contribution is 5.68. The second-order valence-corrected chi connectivity index (χ2v) is 5.41. The van der Waals surface area contributed by atoms with Crippen LogP contribution in [0.2, 0.25) is 0 Å². The second-order valence-electron chi connectivity index (χ2n) is 5.41. The van der Waals surface area contributed by atoms with Crippen LogP contribution < -0.4 is 5.32 Å². The number of likely N-dealkylation sites (N-methyl/N-ethyl adjacent to an activating group) is 1. The number of amides is 1. The highest BCUT2D eigenvalue weighted by Crippen LogP contribution is 2.15. The number of ether oxygens (including phenoxy) is 1. The molecule has 1 fully saturated rings. The molecule has 1 aliphatic rings. The standard InChI is InChI=1S/C12H24N2O2/c1-12(2,3)16-11(15)14-8-6-5-7-10(9-14)13-4/h10,13H,5-9H2,1-4H3. The quantitative estimate of drug-likeness (QED) is 0.746. The summed E-state index contributed by atoms with van der Waals surface area (Å²) in [5.74, 6) is 0. The zero-order valence-corrected chi connectivity index (χ0v) is 10.9. The van der Waals surface area contributed by atoms with Crippen molar-refractivity contribution in [1.82, 2.24) is 10.2 Å². The van der Waals surface area contributed by atoms with E-state index in [1.165, 1.54) is 6.42 Å². The monoisotopic (exact) mass is 228 g/mol. The second kappa shape index (κ2) is 5.53. The normalized spacial score (nSPS) is 22.8. The van der Waals surface area contributed by atoms with Gasteiger partial charge in [-0.25, -0.2) is 4.79 Å². The van der Waals surface area contributed by atoms with Gasteiger partial charge in [-0.3, -0.25) is 0 Å². The summed E-state index contributed by atoms with van der Waals surface area (Å²) in [5, 5.41) is 3.24. The number of nitrogens with one attached hydrogen (secondary N) is 1. The van der Waals surface area contributed by atoms with E-state index in [-0.39, 0.29) is 6.09 Å². The lowest BCUT2D eigenvalue weighted by Crippen LogP contribution is -2.43. The number of carbonyl (C=O) groups excluding carboxylic acids is 1. The molecule has 0 aromatic heterocycles. The van der Waals surface area contributed by atoms with Crippen LogP contribution in [0.5, 0.6) is 0 Å². The van der Waals surface area contributed by atoms with E-state index in [9.17, 15) is 4.79 Å². The van der Waals surface area contributed by atoms with Gasteiger partial charge in [0.05, 0.1) is 0 Å². The third-order valence-electron chi connectivity index (χ3n) is 2.73. The van der Waals surface area contributed by atoms with Crippen LogP contribution in [-0.2, 0) is 4.74 Å². The van der Waals surface area contributed by atoms with Crippen molar-refractivity contribution in [2.75, 3.05) is 20.1 Å². The largest absolute Gasteiger partial charge is 0.444 e. The van der Waals surface area contributed by atoms with E-state index in [2.05, 4.69) is 5.32 Å². The van der Waals surface area contributed by atoms with Crippen molar-refractivity contribution in [3.63, 3.8) is 0 Å². The Kier molecular flexibility index (Phi) is 4.59. The van der Waals surface area contributed by atoms with Gasteiger partial charge in [0, 0.05) is 19.1 Å². The predicted octanol–water partition coefficient (Wildman–Crippen LogP) is 2.00. The van der Waals surface area contributed by atoms with Gasteiger partial charge in [-0.2, -0.15) is 0 Å². The van der Waals surface area contributed by atoms with E-state index in [4.69, 9.17) is 4.74 Å². The van der Waals surface area contributed by atoms with Crippen LogP contribution >= 0.6 is 0 Å². The van der Waals surface area contributed by atoms with Gasteiger partial charge in [0.15, 0.2) is 0 Å². The van der Waals surface area contributed by atoms with Gasteiger partial charge in [0.25, 0.3) is 0 Å². The molecule has 1 amide bonds. The Morgan fingerprint density at radius 3 is 2.62 bits per heavy atom. The molecule has 1 aliphatic heterocycles. The van der Waals surface area contributed by atoms with Gasteiger partial charge in [-0.05, 0) is 40.7 Å². The third kappa shape index (κ3) is 4.39. The molecule has 0 bridgehead atoms. The summed E-state index contributed by atoms with van der Waals surface area (Å²) >= 11 is 0. The molecule has 1 N–H and O–H groups in total. The zero-order chi connectivity index (χ0) is 12.2. The van der Waals surface area contributed by atoms with Crippen LogP contribution in [0.1, 0.15) is 40.0 Å². The highest BCUT2D eigenvalue weighted by atomic mass is 16.6. The summed E-state index contributed by atoms with van der Waals surface area (Å²) in [5.41, 5.74) is -0.404. The molecule has 94 valence electrons. The van der Waals surface area contributed by atoms with Crippen molar-refractivity contribution in [3.8, 4) is 0 Å². The molecule has 4 nitrogen and oxygen atoms in total. The molecule has 0 saturated carbocycles. The lowest BCUT2D eigenvalue weighted by molar-refractivity contribution is 0.0245. The Balaban J connectivity index is 2.53. The Hall–Kier alpha value is -0.770. The minimum Gasteiger partial charge on any atom is -0.444 e. The molecule has 0 aliphatic carbocycles. The van der Waals surface area contributed by atoms with Gasteiger partial charge < -0.3 is 15.0 Å². The number of hydrogen-bond donors (Lipinski definition) is 1. The van der Waals surface area contributed by atoms with E-state index < -0.39 is 5.60 Å². The summed E-state index contributed by atoms with van der Waals surface area (Å²) in [6.45, 7) is 7.27. The van der Waals surface area contributed by atoms with E-state index in [0.29, 0.717) is 6.04 Å². The molecule has 1 unspecified atom stereocenters. The molecule has 1 rings (SSSR count). The number of rotatable bonds is 1. The highest BCUT2D eigenvalue weighted by Gasteiger charge is 2.25. The molecule has 4 heteroatoms. The fraction of sp³-hybridized carbons (Fsp3) is 0.917. The van der Waals surface area contributed by atoms with Gasteiger partial charge in [0.2, 0.25) is 0 Å². The minimum absolute atomic E-state index is 0.186. The third-order valence-corrected chi connectivity index (χ3v) is 2.73. The zero-order valence-electron chi connectivity index (χ0n) is 10.9. The number of carbonyl (C=O) groups is 1. The van der Waals surface area contributed by atoms with Crippen molar-refractivity contribution < 1.29 is 9.53 Å². The number of hydrogen-bond acceptors (Lipinski definition) is 3. The molecule has 0 radical (unpaired) electrons. The molecule has 16 heavy (non-hydrogen) atoms. The Labute approximate surface area is 98.3 Å². The maximum atomic E-state index is 11.9. The summed E-state index contributed by atoms with van der Waals surface area (Å²) in [7, 11) is 1.95. The molecule has 0 spiro atoms. The number of likely N-dealkylation sites (tertiary alicyclic amines) is 1. The summed E-state index contributed by atoms with van der Waals surface area (Å²) in [6.07, 6.45) is 3.19. The van der Waals surface area contributed by atoms with Crippen LogP contribution in [0.3, 0.4) is 0 Å².